The summed E-state index contributed by atoms with van der Waals surface area (Å²) in [6.07, 6.45) is 1.33. The molecule has 1 atom stereocenters. The van der Waals surface area contributed by atoms with Crippen LogP contribution in [0.2, 0.25) is 0 Å². The second-order valence-electron chi connectivity index (χ2n) is 5.14. The lowest BCUT2D eigenvalue weighted by Gasteiger charge is -2.19. The number of nitrogens with zero attached hydrogens (tertiary/aromatic N) is 2. The van der Waals surface area contributed by atoms with Crippen molar-refractivity contribution in [3.63, 3.8) is 0 Å². The van der Waals surface area contributed by atoms with Crippen LogP contribution in [0, 0.1) is 12.8 Å². The molecule has 6 nitrogen and oxygen atoms in total. The molecule has 2 N–H and O–H groups in total. The van der Waals surface area contributed by atoms with Crippen LogP contribution in [0.1, 0.15) is 31.2 Å². The number of pyridine rings is 1. The van der Waals surface area contributed by atoms with Gasteiger partial charge in [-0.25, -0.2) is 4.79 Å². The molecule has 1 heterocycles. The number of aromatic nitrogens is 1. The minimum atomic E-state index is -0.875. The van der Waals surface area contributed by atoms with E-state index in [1.807, 2.05) is 32.0 Å². The van der Waals surface area contributed by atoms with E-state index in [-0.39, 0.29) is 12.6 Å². The van der Waals surface area contributed by atoms with Gasteiger partial charge in [0.05, 0.1) is 18.2 Å². The molecular formula is C15H23N3O3. The van der Waals surface area contributed by atoms with Crippen molar-refractivity contribution in [3.05, 3.63) is 29.6 Å². The van der Waals surface area contributed by atoms with E-state index in [1.165, 1.54) is 4.90 Å². The predicted molar refractivity (Wildman–Crippen MR) is 79.9 cm³/mol. The van der Waals surface area contributed by atoms with Crippen LogP contribution in [0.25, 0.3) is 0 Å². The third kappa shape index (κ3) is 5.81. The zero-order chi connectivity index (χ0) is 15.8. The molecule has 0 spiro atoms. The van der Waals surface area contributed by atoms with Crippen molar-refractivity contribution in [2.24, 2.45) is 5.92 Å². The number of amides is 2. The number of hydrogen-bond acceptors (Lipinski definition) is 3. The van der Waals surface area contributed by atoms with Crippen LogP contribution in [0.3, 0.4) is 0 Å². The number of carbonyl (C=O) groups is 2. The standard InChI is InChI=1S/C15H23N3O3/c1-4-6-12(14(19)20)9-16-15(21)18(3)10-13-8-5-7-11(2)17-13/h5,7-8,12H,4,6,9-10H2,1-3H3,(H,16,21)(H,19,20). The Balaban J connectivity index is 2.49. The van der Waals surface area contributed by atoms with Crippen LogP contribution in [-0.4, -0.2) is 40.6 Å². The second-order valence-corrected chi connectivity index (χ2v) is 5.14. The summed E-state index contributed by atoms with van der Waals surface area (Å²) in [6, 6.07) is 5.35. The first-order valence-electron chi connectivity index (χ1n) is 7.08. The van der Waals surface area contributed by atoms with E-state index in [0.29, 0.717) is 13.0 Å². The van der Waals surface area contributed by atoms with Crippen molar-refractivity contribution in [1.29, 1.82) is 0 Å². The molecule has 0 aliphatic rings. The first-order valence-corrected chi connectivity index (χ1v) is 7.08. The molecule has 1 aromatic heterocycles. The topological polar surface area (TPSA) is 82.5 Å². The molecule has 0 radical (unpaired) electrons. The highest BCUT2D eigenvalue weighted by Crippen LogP contribution is 2.06. The van der Waals surface area contributed by atoms with Crippen LogP contribution < -0.4 is 5.32 Å². The molecule has 1 rings (SSSR count). The number of aryl methyl sites for hydroxylation is 1. The van der Waals surface area contributed by atoms with Crippen molar-refractivity contribution >= 4 is 12.0 Å². The first kappa shape index (κ1) is 16.9. The summed E-state index contributed by atoms with van der Waals surface area (Å²) < 4.78 is 0. The maximum Gasteiger partial charge on any atom is 0.317 e. The fourth-order valence-corrected chi connectivity index (χ4v) is 2.01. The normalized spacial score (nSPS) is 11.8. The highest BCUT2D eigenvalue weighted by molar-refractivity contribution is 5.75. The number of aliphatic carboxylic acids is 1. The highest BCUT2D eigenvalue weighted by Gasteiger charge is 2.18. The average Bonchev–Trinajstić information content (AvgIpc) is 2.42. The number of carboxylic acids is 1. The van der Waals surface area contributed by atoms with Gasteiger partial charge in [-0.05, 0) is 25.5 Å². The van der Waals surface area contributed by atoms with Gasteiger partial charge in [-0.15, -0.1) is 0 Å². The molecule has 0 fully saturated rings. The van der Waals surface area contributed by atoms with Crippen LogP contribution in [0.5, 0.6) is 0 Å². The van der Waals surface area contributed by atoms with Crippen molar-refractivity contribution in [1.82, 2.24) is 15.2 Å². The average molecular weight is 293 g/mol. The summed E-state index contributed by atoms with van der Waals surface area (Å²) in [4.78, 5) is 28.8. The molecule has 0 aromatic carbocycles. The van der Waals surface area contributed by atoms with Crippen molar-refractivity contribution < 1.29 is 14.7 Å². The molecule has 1 aromatic rings. The van der Waals surface area contributed by atoms with Gasteiger partial charge in [-0.3, -0.25) is 9.78 Å². The Morgan fingerprint density at radius 1 is 1.43 bits per heavy atom. The summed E-state index contributed by atoms with van der Waals surface area (Å²) in [5, 5.41) is 11.7. The van der Waals surface area contributed by atoms with E-state index >= 15 is 0 Å². The van der Waals surface area contributed by atoms with Crippen LogP contribution >= 0.6 is 0 Å². The maximum absolute atomic E-state index is 12.0. The third-order valence-electron chi connectivity index (χ3n) is 3.18. The van der Waals surface area contributed by atoms with Gasteiger partial charge in [0, 0.05) is 19.3 Å². The Hall–Kier alpha value is -2.11. The van der Waals surface area contributed by atoms with Gasteiger partial charge in [-0.2, -0.15) is 0 Å². The third-order valence-corrected chi connectivity index (χ3v) is 3.18. The molecule has 0 bridgehead atoms. The molecule has 0 saturated heterocycles. The molecule has 2 amide bonds. The smallest absolute Gasteiger partial charge is 0.317 e. The number of urea groups is 1. The second kappa shape index (κ2) is 8.24. The van der Waals surface area contributed by atoms with E-state index < -0.39 is 11.9 Å². The molecule has 1 unspecified atom stereocenters. The maximum atomic E-state index is 12.0. The Bertz CT molecular complexity index is 491. The minimum Gasteiger partial charge on any atom is -0.481 e. The molecule has 0 saturated carbocycles. The molecule has 116 valence electrons. The van der Waals surface area contributed by atoms with Gasteiger partial charge in [0.15, 0.2) is 0 Å². The monoisotopic (exact) mass is 293 g/mol. The lowest BCUT2D eigenvalue weighted by Crippen LogP contribution is -2.40. The summed E-state index contributed by atoms with van der Waals surface area (Å²) in [5.41, 5.74) is 1.70. The molecule has 6 heteroatoms. The quantitative estimate of drug-likeness (QED) is 0.806. The highest BCUT2D eigenvalue weighted by atomic mass is 16.4. The van der Waals surface area contributed by atoms with E-state index in [1.54, 1.807) is 7.05 Å². The van der Waals surface area contributed by atoms with Gasteiger partial charge < -0.3 is 15.3 Å². The van der Waals surface area contributed by atoms with Crippen molar-refractivity contribution in [3.8, 4) is 0 Å². The number of carboxylic acid groups (broad SMARTS) is 1. The van der Waals surface area contributed by atoms with Crippen molar-refractivity contribution in [2.75, 3.05) is 13.6 Å². The molecule has 21 heavy (non-hydrogen) atoms. The largest absolute Gasteiger partial charge is 0.481 e. The SMILES string of the molecule is CCCC(CNC(=O)N(C)Cc1cccc(C)n1)C(=O)O. The van der Waals surface area contributed by atoms with Crippen LogP contribution in [0.15, 0.2) is 18.2 Å². The van der Waals surface area contributed by atoms with Crippen LogP contribution in [-0.2, 0) is 11.3 Å². The van der Waals surface area contributed by atoms with Gasteiger partial charge in [-0.1, -0.05) is 19.4 Å². The number of carbonyl (C=O) groups excluding carboxylic acids is 1. The van der Waals surface area contributed by atoms with Crippen LogP contribution in [0.4, 0.5) is 4.79 Å². The summed E-state index contributed by atoms with van der Waals surface area (Å²) in [7, 11) is 1.66. The summed E-state index contributed by atoms with van der Waals surface area (Å²) in [5.74, 6) is -1.41. The molecular weight excluding hydrogens is 270 g/mol. The zero-order valence-electron chi connectivity index (χ0n) is 12.8. The van der Waals surface area contributed by atoms with Gasteiger partial charge in [0.1, 0.15) is 0 Å². The number of nitrogens with one attached hydrogen (secondary N) is 1. The lowest BCUT2D eigenvalue weighted by atomic mass is 10.0. The Morgan fingerprint density at radius 3 is 2.71 bits per heavy atom. The lowest BCUT2D eigenvalue weighted by molar-refractivity contribution is -0.141. The Morgan fingerprint density at radius 2 is 2.14 bits per heavy atom. The van der Waals surface area contributed by atoms with E-state index in [0.717, 1.165) is 17.8 Å². The number of rotatable bonds is 7. The zero-order valence-corrected chi connectivity index (χ0v) is 12.8. The minimum absolute atomic E-state index is 0.146. The van der Waals surface area contributed by atoms with E-state index in [9.17, 15) is 9.59 Å². The molecule has 0 aliphatic heterocycles. The summed E-state index contributed by atoms with van der Waals surface area (Å²) >= 11 is 0. The predicted octanol–water partition coefficient (Wildman–Crippen LogP) is 2.03. The summed E-state index contributed by atoms with van der Waals surface area (Å²) in [6.45, 7) is 4.35. The van der Waals surface area contributed by atoms with Crippen molar-refractivity contribution in [2.45, 2.75) is 33.2 Å². The first-order chi connectivity index (χ1) is 9.93. The van der Waals surface area contributed by atoms with E-state index in [4.69, 9.17) is 5.11 Å². The Labute approximate surface area is 125 Å². The van der Waals surface area contributed by atoms with Gasteiger partial charge in [0.25, 0.3) is 0 Å². The fraction of sp³-hybridized carbons (Fsp3) is 0.533. The fourth-order valence-electron chi connectivity index (χ4n) is 2.01. The van der Waals surface area contributed by atoms with Gasteiger partial charge >= 0.3 is 12.0 Å². The van der Waals surface area contributed by atoms with E-state index in [2.05, 4.69) is 10.3 Å². The van der Waals surface area contributed by atoms with Gasteiger partial charge in [0.2, 0.25) is 0 Å². The molecule has 0 aliphatic carbocycles. The Kier molecular flexibility index (Phi) is 6.65. The number of hydrogen-bond donors (Lipinski definition) is 2.